The first-order chi connectivity index (χ1) is 7.17. The minimum Gasteiger partial charge on any atom is -0.493 e. The SMILES string of the molecule is CCOc1ccc(CN(C)O)cc1OC. The second-order valence-corrected chi connectivity index (χ2v) is 3.23. The van der Waals surface area contributed by atoms with Crippen molar-refractivity contribution in [2.45, 2.75) is 13.5 Å². The van der Waals surface area contributed by atoms with E-state index in [4.69, 9.17) is 14.7 Å². The van der Waals surface area contributed by atoms with E-state index in [1.54, 1.807) is 14.2 Å². The molecule has 0 atom stereocenters. The maximum Gasteiger partial charge on any atom is 0.161 e. The summed E-state index contributed by atoms with van der Waals surface area (Å²) >= 11 is 0. The van der Waals surface area contributed by atoms with Gasteiger partial charge in [-0.25, -0.2) is 0 Å². The van der Waals surface area contributed by atoms with E-state index < -0.39 is 0 Å². The van der Waals surface area contributed by atoms with Crippen LogP contribution in [0.5, 0.6) is 11.5 Å². The Bertz CT molecular complexity index is 313. The highest BCUT2D eigenvalue weighted by Gasteiger charge is 2.05. The number of benzene rings is 1. The molecular formula is C11H17NO3. The van der Waals surface area contributed by atoms with Gasteiger partial charge in [-0.15, -0.1) is 0 Å². The Kier molecular flexibility index (Phi) is 4.39. The second-order valence-electron chi connectivity index (χ2n) is 3.23. The zero-order valence-electron chi connectivity index (χ0n) is 9.36. The molecule has 1 aromatic carbocycles. The summed E-state index contributed by atoms with van der Waals surface area (Å²) in [7, 11) is 3.20. The molecule has 0 aromatic heterocycles. The minimum absolute atomic E-state index is 0.461. The normalized spacial score (nSPS) is 10.5. The molecule has 0 saturated heterocycles. The summed E-state index contributed by atoms with van der Waals surface area (Å²) in [6, 6.07) is 5.61. The van der Waals surface area contributed by atoms with Crippen molar-refractivity contribution in [3.8, 4) is 11.5 Å². The van der Waals surface area contributed by atoms with Crippen molar-refractivity contribution >= 4 is 0 Å². The smallest absolute Gasteiger partial charge is 0.161 e. The van der Waals surface area contributed by atoms with E-state index in [1.165, 1.54) is 0 Å². The summed E-state index contributed by atoms with van der Waals surface area (Å²) in [6.07, 6.45) is 0. The molecule has 0 amide bonds. The van der Waals surface area contributed by atoms with Gasteiger partial charge in [0, 0.05) is 13.6 Å². The van der Waals surface area contributed by atoms with Gasteiger partial charge < -0.3 is 14.7 Å². The number of hydrogen-bond acceptors (Lipinski definition) is 4. The number of rotatable bonds is 5. The van der Waals surface area contributed by atoms with Crippen LogP contribution in [-0.4, -0.2) is 31.0 Å². The molecule has 1 rings (SSSR count). The molecule has 0 radical (unpaired) electrons. The molecule has 0 bridgehead atoms. The third-order valence-electron chi connectivity index (χ3n) is 1.94. The molecule has 84 valence electrons. The standard InChI is InChI=1S/C11H17NO3/c1-4-15-10-6-5-9(8-12(2)13)7-11(10)14-3/h5-7,13H,4,8H2,1-3H3. The van der Waals surface area contributed by atoms with Gasteiger partial charge in [-0.3, -0.25) is 0 Å². The second kappa shape index (κ2) is 5.58. The molecule has 0 heterocycles. The highest BCUT2D eigenvalue weighted by molar-refractivity contribution is 5.42. The van der Waals surface area contributed by atoms with E-state index in [2.05, 4.69) is 0 Å². The van der Waals surface area contributed by atoms with Crippen LogP contribution in [-0.2, 0) is 6.54 Å². The van der Waals surface area contributed by atoms with Crippen molar-refractivity contribution in [1.82, 2.24) is 5.06 Å². The van der Waals surface area contributed by atoms with Crippen LogP contribution in [0, 0.1) is 0 Å². The highest BCUT2D eigenvalue weighted by atomic mass is 16.5. The molecule has 1 N–H and O–H groups in total. The fourth-order valence-corrected chi connectivity index (χ4v) is 1.35. The largest absolute Gasteiger partial charge is 0.493 e. The van der Waals surface area contributed by atoms with Crippen molar-refractivity contribution in [2.24, 2.45) is 0 Å². The van der Waals surface area contributed by atoms with Crippen LogP contribution in [0.25, 0.3) is 0 Å². The van der Waals surface area contributed by atoms with Crippen molar-refractivity contribution in [3.63, 3.8) is 0 Å². The van der Waals surface area contributed by atoms with Gasteiger partial charge in [-0.2, -0.15) is 5.06 Å². The molecule has 0 aliphatic rings. The summed E-state index contributed by atoms with van der Waals surface area (Å²) in [5, 5.41) is 10.2. The van der Waals surface area contributed by atoms with Crippen LogP contribution < -0.4 is 9.47 Å². The highest BCUT2D eigenvalue weighted by Crippen LogP contribution is 2.28. The quantitative estimate of drug-likeness (QED) is 0.755. The number of ether oxygens (including phenoxy) is 2. The Morgan fingerprint density at radius 3 is 2.60 bits per heavy atom. The molecule has 4 heteroatoms. The van der Waals surface area contributed by atoms with Gasteiger partial charge in [0.2, 0.25) is 0 Å². The van der Waals surface area contributed by atoms with Crippen molar-refractivity contribution in [2.75, 3.05) is 20.8 Å². The van der Waals surface area contributed by atoms with Gasteiger partial charge in [0.15, 0.2) is 11.5 Å². The first-order valence-corrected chi connectivity index (χ1v) is 4.87. The molecule has 0 aliphatic carbocycles. The molecular weight excluding hydrogens is 194 g/mol. The van der Waals surface area contributed by atoms with Crippen molar-refractivity contribution in [1.29, 1.82) is 0 Å². The number of hydroxylamine groups is 2. The average Bonchev–Trinajstić information content (AvgIpc) is 2.20. The fraction of sp³-hybridized carbons (Fsp3) is 0.455. The number of methoxy groups -OCH3 is 1. The van der Waals surface area contributed by atoms with Gasteiger partial charge in [-0.1, -0.05) is 6.07 Å². The molecule has 15 heavy (non-hydrogen) atoms. The number of nitrogens with zero attached hydrogens (tertiary/aromatic N) is 1. The Labute approximate surface area is 90.0 Å². The Hall–Kier alpha value is -1.26. The lowest BCUT2D eigenvalue weighted by Crippen LogP contribution is -2.11. The van der Waals surface area contributed by atoms with Gasteiger partial charge in [0.25, 0.3) is 0 Å². The topological polar surface area (TPSA) is 41.9 Å². The predicted octanol–water partition coefficient (Wildman–Crippen LogP) is 1.91. The lowest BCUT2D eigenvalue weighted by molar-refractivity contribution is -0.0731. The summed E-state index contributed by atoms with van der Waals surface area (Å²) in [4.78, 5) is 0. The molecule has 4 nitrogen and oxygen atoms in total. The van der Waals surface area contributed by atoms with Crippen LogP contribution >= 0.6 is 0 Å². The van der Waals surface area contributed by atoms with Crippen LogP contribution in [0.1, 0.15) is 12.5 Å². The van der Waals surface area contributed by atoms with Crippen LogP contribution in [0.4, 0.5) is 0 Å². The molecule has 0 spiro atoms. The summed E-state index contributed by atoms with van der Waals surface area (Å²) in [5.74, 6) is 1.42. The Morgan fingerprint density at radius 1 is 1.33 bits per heavy atom. The molecule has 0 fully saturated rings. The van der Waals surface area contributed by atoms with Crippen LogP contribution in [0.2, 0.25) is 0 Å². The van der Waals surface area contributed by atoms with E-state index in [0.29, 0.717) is 18.9 Å². The van der Waals surface area contributed by atoms with Gasteiger partial charge in [0.05, 0.1) is 13.7 Å². The molecule has 0 saturated carbocycles. The van der Waals surface area contributed by atoms with E-state index in [-0.39, 0.29) is 0 Å². The molecule has 0 aliphatic heterocycles. The van der Waals surface area contributed by atoms with Crippen molar-refractivity contribution in [3.05, 3.63) is 23.8 Å². The van der Waals surface area contributed by atoms with Gasteiger partial charge in [0.1, 0.15) is 0 Å². The minimum atomic E-state index is 0.461. The van der Waals surface area contributed by atoms with E-state index in [0.717, 1.165) is 16.4 Å². The van der Waals surface area contributed by atoms with Gasteiger partial charge in [-0.05, 0) is 24.6 Å². The maximum absolute atomic E-state index is 9.10. The first kappa shape index (κ1) is 11.8. The van der Waals surface area contributed by atoms with Crippen LogP contribution in [0.15, 0.2) is 18.2 Å². The molecule has 0 unspecified atom stereocenters. The van der Waals surface area contributed by atoms with Crippen LogP contribution in [0.3, 0.4) is 0 Å². The Morgan fingerprint density at radius 2 is 2.07 bits per heavy atom. The maximum atomic E-state index is 9.10. The lowest BCUT2D eigenvalue weighted by Gasteiger charge is -2.12. The van der Waals surface area contributed by atoms with E-state index in [1.807, 2.05) is 25.1 Å². The summed E-state index contributed by atoms with van der Waals surface area (Å²) in [5.41, 5.74) is 0.973. The zero-order valence-corrected chi connectivity index (χ0v) is 9.36. The van der Waals surface area contributed by atoms with Crippen molar-refractivity contribution < 1.29 is 14.7 Å². The molecule has 1 aromatic rings. The Balaban J connectivity index is 2.86. The first-order valence-electron chi connectivity index (χ1n) is 4.87. The van der Waals surface area contributed by atoms with E-state index in [9.17, 15) is 0 Å². The monoisotopic (exact) mass is 211 g/mol. The third kappa shape index (κ3) is 3.42. The van der Waals surface area contributed by atoms with E-state index >= 15 is 0 Å². The number of hydrogen-bond donors (Lipinski definition) is 1. The third-order valence-corrected chi connectivity index (χ3v) is 1.94. The fourth-order valence-electron chi connectivity index (χ4n) is 1.35. The summed E-state index contributed by atoms with van der Waals surface area (Å²) < 4.78 is 10.6. The lowest BCUT2D eigenvalue weighted by atomic mass is 10.2. The zero-order chi connectivity index (χ0) is 11.3. The predicted molar refractivity (Wildman–Crippen MR) is 57.4 cm³/mol. The average molecular weight is 211 g/mol. The van der Waals surface area contributed by atoms with Gasteiger partial charge >= 0.3 is 0 Å². The summed E-state index contributed by atoms with van der Waals surface area (Å²) in [6.45, 7) is 2.99.